The molecule has 0 amide bonds. The zero-order valence-electron chi connectivity index (χ0n) is 13.6. The fourth-order valence-electron chi connectivity index (χ4n) is 2.49. The van der Waals surface area contributed by atoms with Gasteiger partial charge in [0.1, 0.15) is 10.6 Å². The van der Waals surface area contributed by atoms with Crippen molar-refractivity contribution in [1.29, 1.82) is 0 Å². The second-order valence-corrected chi connectivity index (χ2v) is 6.67. The number of methoxy groups -OCH3 is 1. The summed E-state index contributed by atoms with van der Waals surface area (Å²) in [6, 6.07) is 7.43. The number of ether oxygens (including phenoxy) is 1. The maximum absolute atomic E-state index is 12.2. The third kappa shape index (κ3) is 3.86. The van der Waals surface area contributed by atoms with Crippen molar-refractivity contribution in [3.05, 3.63) is 39.7 Å². The second kappa shape index (κ2) is 7.81. The average molecular weight is 353 g/mol. The number of hydrogen-bond donors (Lipinski definition) is 1. The number of hydrogen-bond acceptors (Lipinski definition) is 5. The highest BCUT2D eigenvalue weighted by molar-refractivity contribution is 7.17. The van der Waals surface area contributed by atoms with Crippen molar-refractivity contribution in [1.82, 2.24) is 4.90 Å². The molecule has 0 spiro atoms. The molecule has 0 bridgehead atoms. The maximum Gasteiger partial charge on any atom is 0.341 e. The molecule has 6 heteroatoms. The molecule has 4 nitrogen and oxygen atoms in total. The van der Waals surface area contributed by atoms with Crippen LogP contribution in [0.15, 0.2) is 24.3 Å². The summed E-state index contributed by atoms with van der Waals surface area (Å²) in [5, 5.41) is 1.14. The molecule has 0 fully saturated rings. The van der Waals surface area contributed by atoms with Gasteiger partial charge in [-0.15, -0.1) is 11.3 Å². The van der Waals surface area contributed by atoms with Crippen LogP contribution in [0.4, 0.5) is 5.00 Å². The van der Waals surface area contributed by atoms with E-state index in [9.17, 15) is 4.79 Å². The Balaban J connectivity index is 2.58. The van der Waals surface area contributed by atoms with Crippen LogP contribution < -0.4 is 5.73 Å². The van der Waals surface area contributed by atoms with E-state index < -0.39 is 5.97 Å². The summed E-state index contributed by atoms with van der Waals surface area (Å²) in [6.45, 7) is 6.84. The number of thiophene rings is 1. The third-order valence-electron chi connectivity index (χ3n) is 3.79. The second-order valence-electron chi connectivity index (χ2n) is 5.10. The molecule has 23 heavy (non-hydrogen) atoms. The third-order valence-corrected chi connectivity index (χ3v) is 5.05. The number of esters is 1. The minimum Gasteiger partial charge on any atom is -0.465 e. The Labute approximate surface area is 145 Å². The van der Waals surface area contributed by atoms with Gasteiger partial charge in [-0.2, -0.15) is 0 Å². The first-order chi connectivity index (χ1) is 11.0. The number of nitrogen functional groups attached to an aromatic ring is 1. The topological polar surface area (TPSA) is 55.6 Å². The maximum atomic E-state index is 12.2. The number of halogens is 1. The summed E-state index contributed by atoms with van der Waals surface area (Å²) in [5.41, 5.74) is 8.34. The lowest BCUT2D eigenvalue weighted by Gasteiger charge is -2.18. The van der Waals surface area contributed by atoms with Gasteiger partial charge in [-0.25, -0.2) is 4.79 Å². The summed E-state index contributed by atoms with van der Waals surface area (Å²) >= 11 is 7.43. The van der Waals surface area contributed by atoms with E-state index in [0.717, 1.165) is 35.6 Å². The number of nitrogens with zero attached hydrogens (tertiary/aromatic N) is 1. The zero-order chi connectivity index (χ0) is 17.0. The van der Waals surface area contributed by atoms with E-state index in [1.165, 1.54) is 18.4 Å². The number of carbonyl (C=O) groups is 1. The first kappa shape index (κ1) is 17.8. The van der Waals surface area contributed by atoms with Gasteiger partial charge < -0.3 is 10.5 Å². The highest BCUT2D eigenvalue weighted by atomic mass is 35.5. The Bertz CT molecular complexity index is 679. The SMILES string of the molecule is CCN(CC)Cc1sc(N)c(C(=O)OC)c1-c1ccc(Cl)cc1. The standard InChI is InChI=1S/C17H21ClN2O2S/c1-4-20(5-2)10-13-14(11-6-8-12(18)9-7-11)15(16(19)23-13)17(21)22-3/h6-9H,4-5,10,19H2,1-3H3. The molecule has 2 aromatic rings. The number of anilines is 1. The fourth-order valence-corrected chi connectivity index (χ4v) is 3.73. The fraction of sp³-hybridized carbons (Fsp3) is 0.353. The average Bonchev–Trinajstić information content (AvgIpc) is 2.88. The number of carbonyl (C=O) groups excluding carboxylic acids is 1. The summed E-state index contributed by atoms with van der Waals surface area (Å²) in [6.07, 6.45) is 0. The van der Waals surface area contributed by atoms with Gasteiger partial charge in [-0.05, 0) is 30.8 Å². The number of nitrogens with two attached hydrogens (primary N) is 1. The van der Waals surface area contributed by atoms with Gasteiger partial charge in [-0.3, -0.25) is 4.90 Å². The molecular formula is C17H21ClN2O2S. The van der Waals surface area contributed by atoms with Crippen LogP contribution >= 0.6 is 22.9 Å². The van der Waals surface area contributed by atoms with Crippen molar-refractivity contribution in [3.8, 4) is 11.1 Å². The van der Waals surface area contributed by atoms with E-state index >= 15 is 0 Å². The molecule has 0 aliphatic carbocycles. The van der Waals surface area contributed by atoms with Crippen molar-refractivity contribution in [2.75, 3.05) is 25.9 Å². The van der Waals surface area contributed by atoms with E-state index in [1.54, 1.807) is 0 Å². The quantitative estimate of drug-likeness (QED) is 0.788. The van der Waals surface area contributed by atoms with Gasteiger partial charge in [0, 0.05) is 22.0 Å². The molecule has 1 heterocycles. The Morgan fingerprint density at radius 1 is 1.26 bits per heavy atom. The predicted molar refractivity (Wildman–Crippen MR) is 97.1 cm³/mol. The molecule has 1 aromatic heterocycles. The Hall–Kier alpha value is -1.56. The monoisotopic (exact) mass is 352 g/mol. The summed E-state index contributed by atoms with van der Waals surface area (Å²) in [5.74, 6) is -0.408. The molecule has 1 aromatic carbocycles. The molecule has 0 aliphatic rings. The van der Waals surface area contributed by atoms with Gasteiger partial charge in [0.15, 0.2) is 0 Å². The summed E-state index contributed by atoms with van der Waals surface area (Å²) in [4.78, 5) is 15.5. The summed E-state index contributed by atoms with van der Waals surface area (Å²) < 4.78 is 4.92. The van der Waals surface area contributed by atoms with Crippen LogP contribution in [-0.4, -0.2) is 31.1 Å². The van der Waals surface area contributed by atoms with Gasteiger partial charge >= 0.3 is 5.97 Å². The highest BCUT2D eigenvalue weighted by Gasteiger charge is 2.24. The zero-order valence-corrected chi connectivity index (χ0v) is 15.1. The Morgan fingerprint density at radius 2 is 1.87 bits per heavy atom. The van der Waals surface area contributed by atoms with Crippen molar-refractivity contribution >= 4 is 33.9 Å². The van der Waals surface area contributed by atoms with Gasteiger partial charge in [0.2, 0.25) is 0 Å². The van der Waals surface area contributed by atoms with Gasteiger partial charge in [0.05, 0.1) is 7.11 Å². The van der Waals surface area contributed by atoms with Crippen LogP contribution in [0.2, 0.25) is 5.02 Å². The molecule has 2 rings (SSSR count). The Morgan fingerprint density at radius 3 is 2.39 bits per heavy atom. The van der Waals surface area contributed by atoms with Crippen molar-refractivity contribution in [2.24, 2.45) is 0 Å². The normalized spacial score (nSPS) is 11.0. The molecule has 2 N–H and O–H groups in total. The predicted octanol–water partition coefficient (Wildman–Crippen LogP) is 4.28. The van der Waals surface area contributed by atoms with Crippen molar-refractivity contribution in [2.45, 2.75) is 20.4 Å². The van der Waals surface area contributed by atoms with E-state index in [-0.39, 0.29) is 0 Å². The van der Waals surface area contributed by atoms with Gasteiger partial charge in [0.25, 0.3) is 0 Å². The molecule has 0 unspecified atom stereocenters. The largest absolute Gasteiger partial charge is 0.465 e. The lowest BCUT2D eigenvalue weighted by molar-refractivity contribution is 0.0603. The van der Waals surface area contributed by atoms with Crippen molar-refractivity contribution in [3.63, 3.8) is 0 Å². The van der Waals surface area contributed by atoms with Crippen LogP contribution in [-0.2, 0) is 11.3 Å². The van der Waals surface area contributed by atoms with Crippen LogP contribution in [0.5, 0.6) is 0 Å². The molecule has 0 atom stereocenters. The summed E-state index contributed by atoms with van der Waals surface area (Å²) in [7, 11) is 1.37. The Kier molecular flexibility index (Phi) is 6.04. The van der Waals surface area contributed by atoms with E-state index in [4.69, 9.17) is 22.1 Å². The molecule has 124 valence electrons. The highest BCUT2D eigenvalue weighted by Crippen LogP contribution is 2.40. The molecule has 0 saturated heterocycles. The lowest BCUT2D eigenvalue weighted by atomic mass is 10.0. The smallest absolute Gasteiger partial charge is 0.341 e. The molecular weight excluding hydrogens is 332 g/mol. The molecule has 0 saturated carbocycles. The van der Waals surface area contributed by atoms with Gasteiger partial charge in [-0.1, -0.05) is 37.6 Å². The first-order valence-corrected chi connectivity index (χ1v) is 8.68. The first-order valence-electron chi connectivity index (χ1n) is 7.49. The van der Waals surface area contributed by atoms with E-state index in [2.05, 4.69) is 18.7 Å². The molecule has 0 radical (unpaired) electrons. The van der Waals surface area contributed by atoms with Crippen LogP contribution in [0.1, 0.15) is 29.1 Å². The van der Waals surface area contributed by atoms with E-state index in [0.29, 0.717) is 15.6 Å². The minimum atomic E-state index is -0.408. The molecule has 0 aliphatic heterocycles. The lowest BCUT2D eigenvalue weighted by Crippen LogP contribution is -2.22. The van der Waals surface area contributed by atoms with Crippen molar-refractivity contribution < 1.29 is 9.53 Å². The minimum absolute atomic E-state index is 0.408. The van der Waals surface area contributed by atoms with Crippen LogP contribution in [0, 0.1) is 0 Å². The van der Waals surface area contributed by atoms with Crippen LogP contribution in [0.25, 0.3) is 11.1 Å². The van der Waals surface area contributed by atoms with Crippen LogP contribution in [0.3, 0.4) is 0 Å². The number of benzene rings is 1. The van der Waals surface area contributed by atoms with E-state index in [1.807, 2.05) is 24.3 Å². The number of rotatable bonds is 6.